The molecule has 2 aliphatic rings. The van der Waals surface area contributed by atoms with Crippen LogP contribution < -0.4 is 15.2 Å². The molecule has 0 saturated carbocycles. The fourth-order valence-corrected chi connectivity index (χ4v) is 4.61. The van der Waals surface area contributed by atoms with Crippen molar-refractivity contribution in [3.63, 3.8) is 0 Å². The van der Waals surface area contributed by atoms with Gasteiger partial charge in [0.25, 0.3) is 0 Å². The maximum atomic E-state index is 14.0. The fraction of sp³-hybridized carbons (Fsp3) is 0.308. The third-order valence-electron chi connectivity index (χ3n) is 6.15. The van der Waals surface area contributed by atoms with Crippen LogP contribution >= 0.6 is 0 Å². The summed E-state index contributed by atoms with van der Waals surface area (Å²) in [5.41, 5.74) is 9.30. The zero-order valence-corrected chi connectivity index (χ0v) is 19.5. The van der Waals surface area contributed by atoms with E-state index in [1.165, 1.54) is 13.2 Å². The number of hydrazine groups is 1. The number of Topliss-reactive ketones (excluding diaryl/α,β-unsaturated/α-hetero) is 1. The largest absolute Gasteiger partial charge is 0.493 e. The minimum absolute atomic E-state index is 0.0113. The quantitative estimate of drug-likeness (QED) is 0.694. The van der Waals surface area contributed by atoms with Gasteiger partial charge in [-0.25, -0.2) is 9.40 Å². The molecule has 2 aromatic rings. The van der Waals surface area contributed by atoms with Crippen molar-refractivity contribution in [2.75, 3.05) is 21.2 Å². The lowest BCUT2D eigenvalue weighted by molar-refractivity contribution is -0.116. The minimum Gasteiger partial charge on any atom is -0.493 e. The Hall–Kier alpha value is -3.83. The van der Waals surface area contributed by atoms with Crippen molar-refractivity contribution in [3.8, 4) is 17.6 Å². The zero-order valence-electron chi connectivity index (χ0n) is 19.5. The van der Waals surface area contributed by atoms with Crippen molar-refractivity contribution < 1.29 is 18.7 Å². The van der Waals surface area contributed by atoms with Gasteiger partial charge in [-0.05, 0) is 36.6 Å². The van der Waals surface area contributed by atoms with Gasteiger partial charge in [0.2, 0.25) is 0 Å². The molecule has 0 saturated heterocycles. The molecule has 0 spiro atoms. The van der Waals surface area contributed by atoms with Crippen LogP contribution in [0.4, 0.5) is 4.39 Å². The van der Waals surface area contributed by atoms with E-state index in [2.05, 4.69) is 6.07 Å². The number of benzene rings is 2. The molecule has 7 nitrogen and oxygen atoms in total. The van der Waals surface area contributed by atoms with Crippen molar-refractivity contribution in [2.45, 2.75) is 31.8 Å². The lowest BCUT2D eigenvalue weighted by Crippen LogP contribution is -2.45. The molecule has 8 heteroatoms. The van der Waals surface area contributed by atoms with Crippen LogP contribution in [0.25, 0.3) is 0 Å². The highest BCUT2D eigenvalue weighted by molar-refractivity contribution is 5.99. The number of methoxy groups -OCH3 is 1. The Morgan fingerprint density at radius 2 is 1.97 bits per heavy atom. The predicted octanol–water partition coefficient (Wildman–Crippen LogP) is 3.99. The topological polar surface area (TPSA) is 91.8 Å². The Morgan fingerprint density at radius 3 is 2.65 bits per heavy atom. The second-order valence-corrected chi connectivity index (χ2v) is 8.43. The Morgan fingerprint density at radius 1 is 1.21 bits per heavy atom. The normalized spacial score (nSPS) is 18.2. The number of rotatable bonds is 6. The summed E-state index contributed by atoms with van der Waals surface area (Å²) < 4.78 is 25.4. The molecule has 2 aromatic carbocycles. The van der Waals surface area contributed by atoms with E-state index in [-0.39, 0.29) is 18.2 Å². The maximum absolute atomic E-state index is 14.0. The molecular weight excluding hydrogens is 435 g/mol. The van der Waals surface area contributed by atoms with Crippen molar-refractivity contribution >= 4 is 5.78 Å². The van der Waals surface area contributed by atoms with Crippen molar-refractivity contribution in [1.82, 2.24) is 10.0 Å². The number of hydrogen-bond acceptors (Lipinski definition) is 7. The van der Waals surface area contributed by atoms with Crippen molar-refractivity contribution in [2.24, 2.45) is 5.73 Å². The zero-order chi connectivity index (χ0) is 24.4. The summed E-state index contributed by atoms with van der Waals surface area (Å²) in [5, 5.41) is 13.6. The number of allylic oxidation sites excluding steroid dienone is 3. The van der Waals surface area contributed by atoms with Gasteiger partial charge >= 0.3 is 0 Å². The van der Waals surface area contributed by atoms with E-state index in [1.54, 1.807) is 46.4 Å². The molecule has 1 unspecified atom stereocenters. The summed E-state index contributed by atoms with van der Waals surface area (Å²) in [6, 6.07) is 13.9. The van der Waals surface area contributed by atoms with Crippen LogP contribution in [-0.4, -0.2) is 37.0 Å². The van der Waals surface area contributed by atoms with Crippen molar-refractivity contribution in [1.29, 1.82) is 5.26 Å². The third kappa shape index (κ3) is 4.11. The van der Waals surface area contributed by atoms with Crippen molar-refractivity contribution in [3.05, 3.63) is 82.1 Å². The molecule has 1 aliphatic heterocycles. The lowest BCUT2D eigenvalue weighted by atomic mass is 9.76. The molecule has 4 rings (SSSR count). The van der Waals surface area contributed by atoms with Gasteiger partial charge in [0.05, 0.1) is 24.7 Å². The number of hydrogen-bond donors (Lipinski definition) is 1. The van der Waals surface area contributed by atoms with E-state index >= 15 is 0 Å². The molecule has 1 atom stereocenters. The van der Waals surface area contributed by atoms with E-state index in [4.69, 9.17) is 15.2 Å². The summed E-state index contributed by atoms with van der Waals surface area (Å²) in [6.07, 6.45) is 1.85. The first kappa shape index (κ1) is 23.3. The van der Waals surface area contributed by atoms with Crippen LogP contribution in [0.15, 0.2) is 65.1 Å². The number of nitrogens with two attached hydrogens (primary N) is 1. The molecule has 0 fully saturated rings. The predicted molar refractivity (Wildman–Crippen MR) is 125 cm³/mol. The van der Waals surface area contributed by atoms with Crippen LogP contribution in [0, 0.1) is 17.1 Å². The first-order valence-corrected chi connectivity index (χ1v) is 11.0. The Kier molecular flexibility index (Phi) is 6.57. The number of ether oxygens (including phenoxy) is 2. The third-order valence-corrected chi connectivity index (χ3v) is 6.15. The van der Waals surface area contributed by atoms with E-state index in [1.807, 2.05) is 14.1 Å². The molecule has 0 radical (unpaired) electrons. The van der Waals surface area contributed by atoms with E-state index in [9.17, 15) is 14.4 Å². The minimum atomic E-state index is -0.599. The second-order valence-electron chi connectivity index (χ2n) is 8.43. The summed E-state index contributed by atoms with van der Waals surface area (Å²) in [4.78, 5) is 13.1. The van der Waals surface area contributed by atoms with Gasteiger partial charge in [-0.1, -0.05) is 24.3 Å². The van der Waals surface area contributed by atoms with Crippen LogP contribution in [0.5, 0.6) is 11.5 Å². The van der Waals surface area contributed by atoms with Gasteiger partial charge in [0, 0.05) is 37.3 Å². The number of nitrogens with zero attached hydrogens (tertiary/aromatic N) is 3. The number of nitriles is 1. The van der Waals surface area contributed by atoms with Gasteiger partial charge < -0.3 is 15.2 Å². The lowest BCUT2D eigenvalue weighted by Gasteiger charge is -2.42. The number of ketones is 1. The first-order valence-electron chi connectivity index (χ1n) is 11.0. The smallest absolute Gasteiger partial charge is 0.161 e. The molecule has 34 heavy (non-hydrogen) atoms. The fourth-order valence-electron chi connectivity index (χ4n) is 4.61. The molecule has 1 aliphatic carbocycles. The van der Waals surface area contributed by atoms with Crippen LogP contribution in [0.1, 0.15) is 36.3 Å². The molecule has 2 N–H and O–H groups in total. The van der Waals surface area contributed by atoms with Gasteiger partial charge in [-0.3, -0.25) is 9.80 Å². The average Bonchev–Trinajstić information content (AvgIpc) is 2.82. The first-order chi connectivity index (χ1) is 16.4. The van der Waals surface area contributed by atoms with Crippen LogP contribution in [-0.2, 0) is 11.4 Å². The summed E-state index contributed by atoms with van der Waals surface area (Å²) in [7, 11) is 5.17. The van der Waals surface area contributed by atoms with Gasteiger partial charge in [0.15, 0.2) is 17.3 Å². The summed E-state index contributed by atoms with van der Waals surface area (Å²) in [6.45, 7) is 0.0354. The molecule has 0 bridgehead atoms. The number of carbonyl (C=O) groups excluding carboxylic acids is 1. The highest BCUT2D eigenvalue weighted by Crippen LogP contribution is 2.46. The van der Waals surface area contributed by atoms with E-state index < -0.39 is 5.92 Å². The Bertz CT molecular complexity index is 1230. The molecule has 0 amide bonds. The maximum Gasteiger partial charge on any atom is 0.161 e. The second kappa shape index (κ2) is 9.57. The molecule has 0 aromatic heterocycles. The SMILES string of the molecule is COc1cc(C2C(C#N)=C(N)N(N(C)C)C3=C2C(=O)CCC3)ccc1OCc1ccccc1F. The Labute approximate surface area is 198 Å². The summed E-state index contributed by atoms with van der Waals surface area (Å²) >= 11 is 0. The van der Waals surface area contributed by atoms with E-state index in [0.29, 0.717) is 52.4 Å². The van der Waals surface area contributed by atoms with Crippen LogP contribution in [0.2, 0.25) is 0 Å². The van der Waals surface area contributed by atoms with Gasteiger partial charge in [-0.15, -0.1) is 0 Å². The molecule has 176 valence electrons. The standard InChI is InChI=1S/C26H27FN4O3/c1-30(2)31-20-9-6-10-21(32)25(20)24(18(14-28)26(31)29)16-11-12-22(23(13-16)33-3)34-15-17-7-4-5-8-19(17)27/h4-5,7-8,11-13,24H,6,9-10,15,29H2,1-3H3. The monoisotopic (exact) mass is 462 g/mol. The number of carbonyl (C=O) groups is 1. The number of halogens is 1. The Balaban J connectivity index is 1.75. The highest BCUT2D eigenvalue weighted by Gasteiger charge is 2.40. The van der Waals surface area contributed by atoms with E-state index in [0.717, 1.165) is 12.1 Å². The molecular formula is C26H27FN4O3. The van der Waals surface area contributed by atoms with Gasteiger partial charge in [0.1, 0.15) is 18.2 Å². The average molecular weight is 463 g/mol. The summed E-state index contributed by atoms with van der Waals surface area (Å²) in [5.74, 6) is 0.228. The highest BCUT2D eigenvalue weighted by atomic mass is 19.1. The van der Waals surface area contributed by atoms with Gasteiger partial charge in [-0.2, -0.15) is 5.26 Å². The van der Waals surface area contributed by atoms with Crippen LogP contribution in [0.3, 0.4) is 0 Å². The molecule has 1 heterocycles.